The predicted octanol–water partition coefficient (Wildman–Crippen LogP) is 7.81. The Morgan fingerprint density at radius 2 is 1.44 bits per heavy atom. The summed E-state index contributed by atoms with van der Waals surface area (Å²) in [5.41, 5.74) is 4.44. The maximum Gasteiger partial charge on any atom is 0.266 e. The molecule has 0 fully saturated rings. The molecule has 0 radical (unpaired) electrons. The highest BCUT2D eigenvalue weighted by Gasteiger charge is 2.33. The number of sulfonamides is 1. The highest BCUT2D eigenvalue weighted by Crippen LogP contribution is 2.36. The van der Waals surface area contributed by atoms with Crippen LogP contribution in [0.3, 0.4) is 0 Å². The van der Waals surface area contributed by atoms with Crippen molar-refractivity contribution in [2.75, 3.05) is 4.31 Å². The Hall–Kier alpha value is -4.46. The summed E-state index contributed by atoms with van der Waals surface area (Å²) in [6.45, 7) is 0.372. The molecule has 0 saturated heterocycles. The van der Waals surface area contributed by atoms with E-state index in [1.165, 1.54) is 46.3 Å². The molecule has 0 aromatic heterocycles. The zero-order valence-electron chi connectivity index (χ0n) is 23.1. The molecular weight excluding hydrogens is 583 g/mol. The number of halogens is 2. The molecule has 1 atom stereocenters. The number of hydrogen-bond acceptors (Lipinski definition) is 3. The van der Waals surface area contributed by atoms with Crippen LogP contribution in [0.2, 0.25) is 5.02 Å². The van der Waals surface area contributed by atoms with Gasteiger partial charge < -0.3 is 4.90 Å². The Morgan fingerprint density at radius 3 is 2.14 bits per heavy atom. The van der Waals surface area contributed by atoms with Gasteiger partial charge in [0.15, 0.2) is 0 Å². The van der Waals surface area contributed by atoms with E-state index in [2.05, 4.69) is 6.07 Å². The van der Waals surface area contributed by atoms with E-state index in [1.807, 2.05) is 78.9 Å². The van der Waals surface area contributed by atoms with Crippen molar-refractivity contribution < 1.29 is 17.6 Å². The fourth-order valence-electron chi connectivity index (χ4n) is 5.50. The fraction of sp³-hybridized carbons (Fsp3) is 0.114. The van der Waals surface area contributed by atoms with Crippen molar-refractivity contribution in [2.24, 2.45) is 0 Å². The van der Waals surface area contributed by atoms with Gasteiger partial charge in [-0.2, -0.15) is 0 Å². The maximum atomic E-state index is 14.3. The number of anilines is 1. The van der Waals surface area contributed by atoms with Crippen molar-refractivity contribution in [2.45, 2.75) is 30.4 Å². The quantitative estimate of drug-likeness (QED) is 0.189. The second-order valence-electron chi connectivity index (χ2n) is 10.5. The molecule has 1 aliphatic heterocycles. The molecule has 1 heterocycles. The first-order valence-corrected chi connectivity index (χ1v) is 15.7. The van der Waals surface area contributed by atoms with Crippen LogP contribution in [0.15, 0.2) is 132 Å². The third kappa shape index (κ3) is 5.91. The molecule has 5 aromatic carbocycles. The average molecular weight is 611 g/mol. The first kappa shape index (κ1) is 28.6. The number of carbonyl (C=O) groups excluding carboxylic acids is 1. The van der Waals surface area contributed by atoms with E-state index >= 15 is 0 Å². The van der Waals surface area contributed by atoms with Gasteiger partial charge in [-0.3, -0.25) is 9.10 Å². The molecule has 1 amide bonds. The zero-order valence-corrected chi connectivity index (χ0v) is 24.7. The maximum absolute atomic E-state index is 14.3. The van der Waals surface area contributed by atoms with Gasteiger partial charge in [-0.15, -0.1) is 0 Å². The molecule has 0 spiro atoms. The lowest BCUT2D eigenvalue weighted by Crippen LogP contribution is -2.39. The Bertz CT molecular complexity index is 1870. The van der Waals surface area contributed by atoms with Crippen LogP contribution < -0.4 is 4.31 Å². The van der Waals surface area contributed by atoms with Crippen LogP contribution in [0.1, 0.15) is 38.7 Å². The Kier molecular flexibility index (Phi) is 8.02. The average Bonchev–Trinajstić information content (AvgIpc) is 3.04. The normalized spacial score (nSPS) is 14.7. The van der Waals surface area contributed by atoms with E-state index in [0.717, 1.165) is 16.7 Å². The minimum absolute atomic E-state index is 0.0116. The van der Waals surface area contributed by atoms with E-state index in [0.29, 0.717) is 13.0 Å². The summed E-state index contributed by atoms with van der Waals surface area (Å²) in [5.74, 6) is -0.782. The highest BCUT2D eigenvalue weighted by atomic mass is 35.5. The summed E-state index contributed by atoms with van der Waals surface area (Å²) in [7, 11) is -4.29. The van der Waals surface area contributed by atoms with Crippen LogP contribution in [0.4, 0.5) is 10.1 Å². The van der Waals surface area contributed by atoms with Gasteiger partial charge in [-0.1, -0.05) is 96.5 Å². The summed E-state index contributed by atoms with van der Waals surface area (Å²) >= 11 is 6.53. The van der Waals surface area contributed by atoms with Crippen LogP contribution in [-0.4, -0.2) is 19.2 Å². The summed E-state index contributed by atoms with van der Waals surface area (Å²) in [6.07, 6.45) is 0.639. The number of nitrogens with zero attached hydrogens (tertiary/aromatic N) is 2. The Balaban J connectivity index is 1.40. The van der Waals surface area contributed by atoms with Crippen molar-refractivity contribution >= 4 is 33.2 Å². The van der Waals surface area contributed by atoms with Gasteiger partial charge in [-0.25, -0.2) is 12.8 Å². The summed E-state index contributed by atoms with van der Waals surface area (Å²) in [4.78, 5) is 15.8. The molecule has 0 saturated carbocycles. The van der Waals surface area contributed by atoms with Crippen LogP contribution >= 0.6 is 11.6 Å². The number of hydrogen-bond donors (Lipinski definition) is 0. The second-order valence-corrected chi connectivity index (χ2v) is 12.7. The van der Waals surface area contributed by atoms with Gasteiger partial charge in [0.1, 0.15) is 10.7 Å². The Labute approximate surface area is 255 Å². The molecule has 43 heavy (non-hydrogen) atoms. The number of rotatable bonds is 7. The number of carbonyl (C=O) groups is 1. The number of amides is 1. The lowest BCUT2D eigenvalue weighted by atomic mass is 9.89. The standard InChI is InChI=1S/C35H28ClFN2O3S/c36-32-20-15-28(35(40)38-24-29-14-8-7-13-27(29)21-33(38)26-11-5-2-6-12-26)22-34(32)43(41,42)39(23-25-9-3-1-4-10-25)31-18-16-30(37)17-19-31/h1-20,22,33H,21,23-24H2. The van der Waals surface area contributed by atoms with Crippen LogP contribution in [0.5, 0.6) is 0 Å². The van der Waals surface area contributed by atoms with Gasteiger partial charge in [0.25, 0.3) is 15.9 Å². The minimum atomic E-state index is -4.29. The second kappa shape index (κ2) is 12.0. The zero-order chi connectivity index (χ0) is 30.0. The van der Waals surface area contributed by atoms with Crippen LogP contribution in [0.25, 0.3) is 0 Å². The molecule has 216 valence electrons. The lowest BCUT2D eigenvalue weighted by Gasteiger charge is -2.37. The third-order valence-electron chi connectivity index (χ3n) is 7.72. The third-order valence-corrected chi connectivity index (χ3v) is 9.98. The van der Waals surface area contributed by atoms with Gasteiger partial charge in [-0.05, 0) is 71.1 Å². The topological polar surface area (TPSA) is 57.7 Å². The summed E-state index contributed by atoms with van der Waals surface area (Å²) in [6, 6.07) is 36.3. The highest BCUT2D eigenvalue weighted by molar-refractivity contribution is 7.93. The van der Waals surface area contributed by atoms with E-state index in [9.17, 15) is 17.6 Å². The fourth-order valence-corrected chi connectivity index (χ4v) is 7.46. The van der Waals surface area contributed by atoms with Crippen LogP contribution in [0, 0.1) is 5.82 Å². The first-order chi connectivity index (χ1) is 20.8. The molecular formula is C35H28ClFN2O3S. The largest absolute Gasteiger partial charge is 0.327 e. The molecule has 5 nitrogen and oxygen atoms in total. The Morgan fingerprint density at radius 1 is 0.814 bits per heavy atom. The minimum Gasteiger partial charge on any atom is -0.327 e. The van der Waals surface area contributed by atoms with Crippen molar-refractivity contribution in [3.05, 3.63) is 166 Å². The van der Waals surface area contributed by atoms with E-state index in [-0.39, 0.29) is 39.7 Å². The monoisotopic (exact) mass is 610 g/mol. The van der Waals surface area contributed by atoms with E-state index in [4.69, 9.17) is 11.6 Å². The van der Waals surface area contributed by atoms with E-state index < -0.39 is 15.8 Å². The summed E-state index contributed by atoms with van der Waals surface area (Å²) in [5, 5.41) is -0.0136. The van der Waals surface area contributed by atoms with Crippen molar-refractivity contribution in [1.82, 2.24) is 4.90 Å². The molecule has 5 aromatic rings. The number of benzene rings is 5. The summed E-state index contributed by atoms with van der Waals surface area (Å²) < 4.78 is 43.5. The SMILES string of the molecule is O=C(c1ccc(Cl)c(S(=O)(=O)N(Cc2ccccc2)c2ccc(F)cc2)c1)N1Cc2ccccc2CC1c1ccccc1. The van der Waals surface area contributed by atoms with Gasteiger partial charge in [0, 0.05) is 12.1 Å². The van der Waals surface area contributed by atoms with Gasteiger partial charge in [0.2, 0.25) is 0 Å². The predicted molar refractivity (Wildman–Crippen MR) is 167 cm³/mol. The number of fused-ring (bicyclic) bond motifs is 1. The van der Waals surface area contributed by atoms with Gasteiger partial charge >= 0.3 is 0 Å². The molecule has 1 aliphatic rings. The molecule has 0 aliphatic carbocycles. The molecule has 6 rings (SSSR count). The van der Waals surface area contributed by atoms with Crippen molar-refractivity contribution in [3.8, 4) is 0 Å². The van der Waals surface area contributed by atoms with Crippen LogP contribution in [-0.2, 0) is 29.5 Å². The van der Waals surface area contributed by atoms with Gasteiger partial charge in [0.05, 0.1) is 23.3 Å². The molecule has 0 N–H and O–H groups in total. The molecule has 8 heteroatoms. The van der Waals surface area contributed by atoms with Crippen molar-refractivity contribution in [1.29, 1.82) is 0 Å². The van der Waals surface area contributed by atoms with E-state index in [1.54, 1.807) is 11.0 Å². The smallest absolute Gasteiger partial charge is 0.266 e. The molecule has 0 bridgehead atoms. The lowest BCUT2D eigenvalue weighted by molar-refractivity contribution is 0.0637. The molecule has 1 unspecified atom stereocenters. The first-order valence-electron chi connectivity index (χ1n) is 13.9. The van der Waals surface area contributed by atoms with Crippen molar-refractivity contribution in [3.63, 3.8) is 0 Å².